The normalized spacial score (nSPS) is 11.1. The summed E-state index contributed by atoms with van der Waals surface area (Å²) in [5, 5.41) is 0.761. The Morgan fingerprint density at radius 1 is 0.909 bits per heavy atom. The van der Waals surface area contributed by atoms with Crippen LogP contribution in [0, 0.1) is 13.8 Å². The molecule has 0 fully saturated rings. The van der Waals surface area contributed by atoms with E-state index >= 15 is 0 Å². The number of carbonyl (C=O) groups excluding carboxylic acids is 1. The van der Waals surface area contributed by atoms with Crippen molar-refractivity contribution in [1.29, 1.82) is 0 Å². The van der Waals surface area contributed by atoms with E-state index in [0.717, 1.165) is 38.6 Å². The molecule has 0 spiro atoms. The van der Waals surface area contributed by atoms with Crippen molar-refractivity contribution in [3.8, 4) is 0 Å². The van der Waals surface area contributed by atoms with Crippen LogP contribution in [0.5, 0.6) is 0 Å². The zero-order valence-electron chi connectivity index (χ0n) is 19.5. The molecule has 0 aliphatic carbocycles. The molecule has 0 aliphatic heterocycles. The van der Waals surface area contributed by atoms with Crippen LogP contribution in [0.2, 0.25) is 0 Å². The number of amides is 1. The summed E-state index contributed by atoms with van der Waals surface area (Å²) in [4.78, 5) is 23.1. The first-order chi connectivity index (χ1) is 15.4. The highest BCUT2D eigenvalue weighted by molar-refractivity contribution is 7.22. The molecule has 172 valence electrons. The average molecular weight is 480 g/mol. The number of likely N-dealkylation sites (N-methyl/N-ethyl adjacent to an activating group) is 1. The van der Waals surface area contributed by atoms with E-state index in [4.69, 9.17) is 4.98 Å². The number of aromatic nitrogens is 1. The number of hydrogen-bond donors (Lipinski definition) is 0. The van der Waals surface area contributed by atoms with Crippen LogP contribution in [0.1, 0.15) is 28.2 Å². The van der Waals surface area contributed by atoms with E-state index < -0.39 is 0 Å². The second-order valence-electron chi connectivity index (χ2n) is 8.47. The van der Waals surface area contributed by atoms with Crippen LogP contribution < -0.4 is 4.90 Å². The number of thiazole rings is 1. The van der Waals surface area contributed by atoms with E-state index in [9.17, 15) is 4.79 Å². The first-order valence-electron chi connectivity index (χ1n) is 10.9. The molecule has 1 aromatic heterocycles. The van der Waals surface area contributed by atoms with Gasteiger partial charge >= 0.3 is 0 Å². The van der Waals surface area contributed by atoms with Gasteiger partial charge in [0.25, 0.3) is 0 Å². The number of fused-ring (bicyclic) bond motifs is 1. The second kappa shape index (κ2) is 10.9. The highest BCUT2D eigenvalue weighted by Gasteiger charge is 2.30. The monoisotopic (exact) mass is 479 g/mol. The Balaban J connectivity index is 0.00000306. The topological polar surface area (TPSA) is 36.4 Å². The van der Waals surface area contributed by atoms with Gasteiger partial charge in [-0.15, -0.1) is 12.4 Å². The van der Waals surface area contributed by atoms with Gasteiger partial charge in [0.05, 0.1) is 16.1 Å². The van der Waals surface area contributed by atoms with E-state index in [1.165, 1.54) is 5.56 Å². The number of carbonyl (C=O) groups is 1. The Bertz CT molecular complexity index is 1170. The number of anilines is 1. The number of hydrogen-bond acceptors (Lipinski definition) is 4. The molecule has 4 nitrogen and oxygen atoms in total. The summed E-state index contributed by atoms with van der Waals surface area (Å²) < 4.78 is 1.12. The third-order valence-corrected chi connectivity index (χ3v) is 6.62. The molecule has 0 saturated heterocycles. The minimum atomic E-state index is -0.380. The van der Waals surface area contributed by atoms with Gasteiger partial charge in [-0.1, -0.05) is 78.1 Å². The van der Waals surface area contributed by atoms with Crippen molar-refractivity contribution in [1.82, 2.24) is 9.88 Å². The molecule has 33 heavy (non-hydrogen) atoms. The van der Waals surface area contributed by atoms with Crippen molar-refractivity contribution in [2.75, 3.05) is 32.1 Å². The van der Waals surface area contributed by atoms with E-state index in [2.05, 4.69) is 30.9 Å². The molecule has 6 heteroatoms. The van der Waals surface area contributed by atoms with Crippen molar-refractivity contribution in [3.05, 3.63) is 95.1 Å². The lowest BCUT2D eigenvalue weighted by atomic mass is 9.90. The Labute approximate surface area is 206 Å². The maximum atomic E-state index is 14.2. The fourth-order valence-corrected chi connectivity index (χ4v) is 5.17. The molecule has 0 saturated carbocycles. The fraction of sp³-hybridized carbons (Fsp3) is 0.259. The molecule has 1 heterocycles. The molecule has 0 bridgehead atoms. The van der Waals surface area contributed by atoms with E-state index in [1.54, 1.807) is 11.3 Å². The van der Waals surface area contributed by atoms with Crippen molar-refractivity contribution in [2.45, 2.75) is 19.8 Å². The number of halogens is 1. The van der Waals surface area contributed by atoms with Crippen LogP contribution in [0.4, 0.5) is 5.13 Å². The van der Waals surface area contributed by atoms with Gasteiger partial charge < -0.3 is 4.90 Å². The predicted octanol–water partition coefficient (Wildman–Crippen LogP) is 6.06. The third-order valence-electron chi connectivity index (χ3n) is 5.60. The standard InChI is InChI=1S/C27H29N3OS.ClH/c1-19-17-20(2)25-23(18-19)32-27(28-25)30(16-15-29(3)4)26(31)24(21-11-7-5-8-12-21)22-13-9-6-10-14-22;/h5-14,17-18,24H,15-16H2,1-4H3;1H. The molecule has 0 N–H and O–H groups in total. The van der Waals surface area contributed by atoms with Gasteiger partial charge in [0.15, 0.2) is 5.13 Å². The molecule has 0 unspecified atom stereocenters. The lowest BCUT2D eigenvalue weighted by Crippen LogP contribution is -2.40. The lowest BCUT2D eigenvalue weighted by molar-refractivity contribution is -0.119. The van der Waals surface area contributed by atoms with Gasteiger partial charge in [0, 0.05) is 13.1 Å². The Kier molecular flexibility index (Phi) is 8.25. The van der Waals surface area contributed by atoms with Crippen molar-refractivity contribution >= 4 is 45.0 Å². The largest absolute Gasteiger partial charge is 0.308 e. The SMILES string of the molecule is Cc1cc(C)c2nc(N(CCN(C)C)C(=O)C(c3ccccc3)c3ccccc3)sc2c1.Cl. The number of rotatable bonds is 7. The van der Waals surface area contributed by atoms with Gasteiger partial charge in [-0.2, -0.15) is 0 Å². The predicted molar refractivity (Wildman–Crippen MR) is 142 cm³/mol. The summed E-state index contributed by atoms with van der Waals surface area (Å²) in [6.07, 6.45) is 0. The van der Waals surface area contributed by atoms with E-state index in [0.29, 0.717) is 6.54 Å². The van der Waals surface area contributed by atoms with Crippen LogP contribution in [0.3, 0.4) is 0 Å². The molecular weight excluding hydrogens is 450 g/mol. The average Bonchev–Trinajstić information content (AvgIpc) is 3.19. The van der Waals surface area contributed by atoms with Crippen LogP contribution in [0.15, 0.2) is 72.8 Å². The third kappa shape index (κ3) is 5.61. The van der Waals surface area contributed by atoms with Gasteiger partial charge in [-0.25, -0.2) is 4.98 Å². The molecule has 3 aromatic carbocycles. The Morgan fingerprint density at radius 2 is 1.48 bits per heavy atom. The molecule has 4 aromatic rings. The van der Waals surface area contributed by atoms with Gasteiger partial charge in [-0.3, -0.25) is 9.69 Å². The van der Waals surface area contributed by atoms with Crippen molar-refractivity contribution < 1.29 is 4.79 Å². The zero-order valence-corrected chi connectivity index (χ0v) is 21.1. The maximum Gasteiger partial charge on any atom is 0.240 e. The summed E-state index contributed by atoms with van der Waals surface area (Å²) >= 11 is 1.60. The summed E-state index contributed by atoms with van der Waals surface area (Å²) in [6.45, 7) is 5.53. The smallest absolute Gasteiger partial charge is 0.240 e. The van der Waals surface area contributed by atoms with Crippen LogP contribution in [-0.2, 0) is 4.79 Å². The van der Waals surface area contributed by atoms with Crippen LogP contribution in [0.25, 0.3) is 10.2 Å². The fourth-order valence-electron chi connectivity index (χ4n) is 4.00. The minimum Gasteiger partial charge on any atom is -0.308 e. The maximum absolute atomic E-state index is 14.2. The van der Waals surface area contributed by atoms with E-state index in [-0.39, 0.29) is 24.2 Å². The Morgan fingerprint density at radius 3 is 2.03 bits per heavy atom. The summed E-state index contributed by atoms with van der Waals surface area (Å²) in [5.74, 6) is -0.327. The number of benzene rings is 3. The van der Waals surface area contributed by atoms with Crippen molar-refractivity contribution in [3.63, 3.8) is 0 Å². The number of nitrogens with zero attached hydrogens (tertiary/aromatic N) is 3. The highest BCUT2D eigenvalue weighted by atomic mass is 35.5. The lowest BCUT2D eigenvalue weighted by Gasteiger charge is -2.27. The molecule has 0 aliphatic rings. The van der Waals surface area contributed by atoms with E-state index in [1.807, 2.05) is 79.7 Å². The molecule has 4 rings (SSSR count). The number of aryl methyl sites for hydroxylation is 2. The molecule has 0 radical (unpaired) electrons. The van der Waals surface area contributed by atoms with Crippen molar-refractivity contribution in [2.24, 2.45) is 0 Å². The Hall–Kier alpha value is -2.73. The zero-order chi connectivity index (χ0) is 22.7. The first-order valence-corrected chi connectivity index (χ1v) is 11.7. The summed E-state index contributed by atoms with van der Waals surface area (Å²) in [5.41, 5.74) is 5.32. The summed E-state index contributed by atoms with van der Waals surface area (Å²) in [7, 11) is 4.06. The summed E-state index contributed by atoms with van der Waals surface area (Å²) in [6, 6.07) is 24.4. The second-order valence-corrected chi connectivity index (χ2v) is 9.48. The van der Waals surface area contributed by atoms with Crippen LogP contribution >= 0.6 is 23.7 Å². The van der Waals surface area contributed by atoms with Gasteiger partial charge in [0.1, 0.15) is 0 Å². The molecule has 1 amide bonds. The minimum absolute atomic E-state index is 0. The first kappa shape index (κ1) is 24.9. The molecule has 0 atom stereocenters. The highest BCUT2D eigenvalue weighted by Crippen LogP contribution is 2.35. The van der Waals surface area contributed by atoms with Crippen LogP contribution in [-0.4, -0.2) is 43.0 Å². The van der Waals surface area contributed by atoms with Gasteiger partial charge in [0.2, 0.25) is 5.91 Å². The van der Waals surface area contributed by atoms with Gasteiger partial charge in [-0.05, 0) is 56.3 Å². The quantitative estimate of drug-likeness (QED) is 0.323. The molecular formula is C27H30ClN3OS.